The van der Waals surface area contributed by atoms with Crippen molar-refractivity contribution in [3.8, 4) is 33.9 Å². The van der Waals surface area contributed by atoms with Gasteiger partial charge in [0.15, 0.2) is 5.82 Å². The van der Waals surface area contributed by atoms with Gasteiger partial charge in [0, 0.05) is 29.4 Å². The lowest BCUT2D eigenvalue weighted by Crippen LogP contribution is -2.22. The first kappa shape index (κ1) is 23.9. The van der Waals surface area contributed by atoms with Crippen LogP contribution in [0.4, 0.5) is 5.82 Å². The molecule has 0 fully saturated rings. The van der Waals surface area contributed by atoms with Gasteiger partial charge in [-0.2, -0.15) is 5.10 Å². The third-order valence-corrected chi connectivity index (χ3v) is 6.46. The first-order valence-corrected chi connectivity index (χ1v) is 12.5. The molecule has 0 atom stereocenters. The molecule has 2 aromatic heterocycles. The van der Waals surface area contributed by atoms with Crippen LogP contribution in [0.15, 0.2) is 115 Å². The Morgan fingerprint density at radius 1 is 0.821 bits per heavy atom. The number of ether oxygens (including phenoxy) is 1. The molecule has 0 unspecified atom stereocenters. The Bertz CT molecular complexity index is 1750. The number of rotatable bonds is 7. The zero-order chi connectivity index (χ0) is 26.6. The maximum atomic E-state index is 12.5. The first-order valence-electron chi connectivity index (χ1n) is 12.5. The Morgan fingerprint density at radius 2 is 1.54 bits per heavy atom. The van der Waals surface area contributed by atoms with Gasteiger partial charge in [-0.25, -0.2) is 0 Å². The first-order chi connectivity index (χ1) is 19.2. The number of aromatic nitrogens is 3. The number of nitrogens with two attached hydrogens (primary N) is 1. The average Bonchev–Trinajstić information content (AvgIpc) is 3.38. The van der Waals surface area contributed by atoms with Crippen molar-refractivity contribution in [3.63, 3.8) is 0 Å². The zero-order valence-electron chi connectivity index (χ0n) is 21.0. The van der Waals surface area contributed by atoms with E-state index >= 15 is 0 Å². The minimum absolute atomic E-state index is 0.118. The Balaban J connectivity index is 1.27. The number of carbonyl (C=O) groups excluding carboxylic acids is 1. The molecule has 4 aromatic carbocycles. The molecule has 0 aliphatic heterocycles. The van der Waals surface area contributed by atoms with E-state index in [1.54, 1.807) is 12.1 Å². The highest BCUT2D eigenvalue weighted by atomic mass is 16.5. The van der Waals surface area contributed by atoms with E-state index in [9.17, 15) is 4.79 Å². The van der Waals surface area contributed by atoms with E-state index in [0.717, 1.165) is 50.3 Å². The molecule has 0 aliphatic carbocycles. The molecule has 6 aromatic rings. The highest BCUT2D eigenvalue weighted by Gasteiger charge is 2.17. The summed E-state index contributed by atoms with van der Waals surface area (Å²) in [5, 5.41) is 11.1. The Labute approximate surface area is 225 Å². The molecule has 6 rings (SSSR count). The van der Waals surface area contributed by atoms with Gasteiger partial charge < -0.3 is 15.8 Å². The summed E-state index contributed by atoms with van der Waals surface area (Å²) in [4.78, 5) is 17.3. The topological polar surface area (TPSA) is 106 Å². The third kappa shape index (κ3) is 5.06. The molecule has 1 amide bonds. The van der Waals surface area contributed by atoms with Crippen LogP contribution < -0.4 is 15.8 Å². The zero-order valence-corrected chi connectivity index (χ0v) is 21.0. The number of pyridine rings is 1. The SMILES string of the molecule is Nc1n[nH]c2c(-c3cccc(CNC(=O)c4ccccc4)c3)ncc(-c3ccc(Oc4ccccc4)cc3)c12. The maximum Gasteiger partial charge on any atom is 0.251 e. The number of hydrogen-bond acceptors (Lipinski definition) is 5. The van der Waals surface area contributed by atoms with Crippen LogP contribution in [0, 0.1) is 0 Å². The average molecular weight is 512 g/mol. The van der Waals surface area contributed by atoms with Gasteiger partial charge in [-0.15, -0.1) is 0 Å². The second-order valence-corrected chi connectivity index (χ2v) is 9.07. The van der Waals surface area contributed by atoms with Crippen LogP contribution in [0.3, 0.4) is 0 Å². The highest BCUT2D eigenvalue weighted by Crippen LogP contribution is 2.36. The Hall–Kier alpha value is -5.43. The largest absolute Gasteiger partial charge is 0.457 e. The van der Waals surface area contributed by atoms with E-state index in [1.165, 1.54) is 0 Å². The number of para-hydroxylation sites is 1. The molecule has 0 saturated carbocycles. The van der Waals surface area contributed by atoms with Crippen LogP contribution in [-0.2, 0) is 6.54 Å². The fourth-order valence-corrected chi connectivity index (χ4v) is 4.53. The molecule has 0 bridgehead atoms. The summed E-state index contributed by atoms with van der Waals surface area (Å²) in [6.07, 6.45) is 1.82. The maximum absolute atomic E-state index is 12.5. The van der Waals surface area contributed by atoms with Gasteiger partial charge in [-0.3, -0.25) is 14.9 Å². The van der Waals surface area contributed by atoms with Crippen LogP contribution in [0.2, 0.25) is 0 Å². The number of nitrogens with zero attached hydrogens (tertiary/aromatic N) is 2. The summed E-state index contributed by atoms with van der Waals surface area (Å²) in [6.45, 7) is 0.394. The minimum atomic E-state index is -0.118. The summed E-state index contributed by atoms with van der Waals surface area (Å²) < 4.78 is 5.93. The molecule has 7 heteroatoms. The monoisotopic (exact) mass is 511 g/mol. The fraction of sp³-hybridized carbons (Fsp3) is 0.0312. The van der Waals surface area contributed by atoms with Crippen LogP contribution in [0.25, 0.3) is 33.3 Å². The van der Waals surface area contributed by atoms with E-state index in [1.807, 2.05) is 103 Å². The van der Waals surface area contributed by atoms with E-state index < -0.39 is 0 Å². The number of benzene rings is 4. The third-order valence-electron chi connectivity index (χ3n) is 6.46. The van der Waals surface area contributed by atoms with Gasteiger partial charge in [0.1, 0.15) is 11.5 Å². The minimum Gasteiger partial charge on any atom is -0.457 e. The number of aromatic amines is 1. The molecule has 7 nitrogen and oxygen atoms in total. The van der Waals surface area contributed by atoms with Crippen molar-refractivity contribution in [1.82, 2.24) is 20.5 Å². The van der Waals surface area contributed by atoms with Crippen molar-refractivity contribution < 1.29 is 9.53 Å². The Morgan fingerprint density at radius 3 is 2.31 bits per heavy atom. The van der Waals surface area contributed by atoms with Gasteiger partial charge in [-0.05, 0) is 53.6 Å². The van der Waals surface area contributed by atoms with E-state index in [2.05, 4.69) is 15.5 Å². The highest BCUT2D eigenvalue weighted by molar-refractivity contribution is 6.06. The number of fused-ring (bicyclic) bond motifs is 1. The number of anilines is 1. The van der Waals surface area contributed by atoms with Gasteiger partial charge >= 0.3 is 0 Å². The number of nitrogens with one attached hydrogen (secondary N) is 2. The molecular formula is C32H25N5O2. The number of amides is 1. The van der Waals surface area contributed by atoms with Crippen molar-refractivity contribution >= 4 is 22.6 Å². The Kier molecular flexibility index (Phi) is 6.45. The number of hydrogen-bond donors (Lipinski definition) is 3. The number of H-pyrrole nitrogens is 1. The van der Waals surface area contributed by atoms with Crippen LogP contribution in [0.1, 0.15) is 15.9 Å². The van der Waals surface area contributed by atoms with E-state index in [0.29, 0.717) is 17.9 Å². The van der Waals surface area contributed by atoms with Crippen LogP contribution >= 0.6 is 0 Å². The predicted octanol–water partition coefficient (Wildman–Crippen LogP) is 6.60. The fourth-order valence-electron chi connectivity index (χ4n) is 4.53. The summed E-state index contributed by atoms with van der Waals surface area (Å²) in [7, 11) is 0. The molecule has 0 saturated heterocycles. The van der Waals surface area contributed by atoms with Crippen molar-refractivity contribution in [2.24, 2.45) is 0 Å². The van der Waals surface area contributed by atoms with Crippen molar-refractivity contribution in [2.75, 3.05) is 5.73 Å². The van der Waals surface area contributed by atoms with Crippen molar-refractivity contribution in [3.05, 3.63) is 127 Å². The standard InChI is InChI=1S/C32H25N5O2/c33-31-28-27(22-14-16-26(17-15-22)39-25-12-5-2-6-13-25)20-34-29(30(28)36-37-31)24-11-7-8-21(18-24)19-35-32(38)23-9-3-1-4-10-23/h1-18,20H,19H2,(H,35,38)(H3,33,36,37). The molecule has 0 spiro atoms. The number of carbonyl (C=O) groups is 1. The van der Waals surface area contributed by atoms with Crippen LogP contribution in [0.5, 0.6) is 11.5 Å². The summed E-state index contributed by atoms with van der Waals surface area (Å²) in [5.41, 5.74) is 12.1. The quantitative estimate of drug-likeness (QED) is 0.224. The summed E-state index contributed by atoms with van der Waals surface area (Å²) in [6, 6.07) is 34.5. The second-order valence-electron chi connectivity index (χ2n) is 9.07. The van der Waals surface area contributed by atoms with Crippen molar-refractivity contribution in [2.45, 2.75) is 6.54 Å². The molecule has 2 heterocycles. The normalized spacial score (nSPS) is 10.9. The van der Waals surface area contributed by atoms with Crippen LogP contribution in [-0.4, -0.2) is 21.1 Å². The van der Waals surface area contributed by atoms with E-state index in [-0.39, 0.29) is 5.91 Å². The molecule has 190 valence electrons. The summed E-state index contributed by atoms with van der Waals surface area (Å²) >= 11 is 0. The lowest BCUT2D eigenvalue weighted by molar-refractivity contribution is 0.0951. The molecular weight excluding hydrogens is 486 g/mol. The predicted molar refractivity (Wildman–Crippen MR) is 153 cm³/mol. The van der Waals surface area contributed by atoms with Gasteiger partial charge in [0.05, 0.1) is 16.6 Å². The lowest BCUT2D eigenvalue weighted by atomic mass is 10.00. The smallest absolute Gasteiger partial charge is 0.251 e. The van der Waals surface area contributed by atoms with Crippen molar-refractivity contribution in [1.29, 1.82) is 0 Å². The van der Waals surface area contributed by atoms with Gasteiger partial charge in [-0.1, -0.05) is 66.7 Å². The molecule has 39 heavy (non-hydrogen) atoms. The number of nitrogen functional groups attached to an aromatic ring is 1. The lowest BCUT2D eigenvalue weighted by Gasteiger charge is -2.11. The summed E-state index contributed by atoms with van der Waals surface area (Å²) in [5.74, 6) is 1.80. The molecule has 4 N–H and O–H groups in total. The van der Waals surface area contributed by atoms with E-state index in [4.69, 9.17) is 15.5 Å². The van der Waals surface area contributed by atoms with Gasteiger partial charge in [0.2, 0.25) is 0 Å². The molecule has 0 radical (unpaired) electrons. The van der Waals surface area contributed by atoms with Gasteiger partial charge in [0.25, 0.3) is 5.91 Å². The second kappa shape index (κ2) is 10.5. The molecule has 0 aliphatic rings.